The largest absolute Gasteiger partial charge is 0.361 e. The molecule has 3 aromatic heterocycles. The van der Waals surface area contributed by atoms with Crippen molar-refractivity contribution in [2.75, 3.05) is 11.9 Å². The summed E-state index contributed by atoms with van der Waals surface area (Å²) in [7, 11) is 0. The van der Waals surface area contributed by atoms with Crippen molar-refractivity contribution in [2.45, 2.75) is 32.9 Å². The predicted octanol–water partition coefficient (Wildman–Crippen LogP) is 4.70. The van der Waals surface area contributed by atoms with Gasteiger partial charge in [-0.3, -0.25) is 4.68 Å². The van der Waals surface area contributed by atoms with Gasteiger partial charge in [-0.15, -0.1) is 36.2 Å². The zero-order chi connectivity index (χ0) is 19.5. The number of nitrogens with zero attached hydrogens (tertiary/aromatic N) is 4. The summed E-state index contributed by atoms with van der Waals surface area (Å²) in [5.74, 6) is 1.65. The lowest BCUT2D eigenvalue weighted by Gasteiger charge is -2.21. The highest BCUT2D eigenvalue weighted by Crippen LogP contribution is 2.35. The molecule has 0 aliphatic heterocycles. The van der Waals surface area contributed by atoms with Gasteiger partial charge in [0.25, 0.3) is 0 Å². The number of thiophene rings is 1. The molecule has 4 aromatic rings. The van der Waals surface area contributed by atoms with Crippen molar-refractivity contribution in [2.24, 2.45) is 5.73 Å². The number of aromatic nitrogens is 4. The van der Waals surface area contributed by atoms with Crippen molar-refractivity contribution < 1.29 is 0 Å². The predicted molar refractivity (Wildman–Crippen MR) is 129 cm³/mol. The summed E-state index contributed by atoms with van der Waals surface area (Å²) in [4.78, 5) is 11.8. The van der Waals surface area contributed by atoms with E-state index >= 15 is 0 Å². The molecule has 0 aliphatic rings. The van der Waals surface area contributed by atoms with E-state index in [4.69, 9.17) is 15.7 Å². The van der Waals surface area contributed by atoms with E-state index in [1.165, 1.54) is 16.0 Å². The smallest absolute Gasteiger partial charge is 0.139 e. The van der Waals surface area contributed by atoms with Crippen LogP contribution in [0.2, 0.25) is 0 Å². The van der Waals surface area contributed by atoms with Gasteiger partial charge in [0.15, 0.2) is 0 Å². The highest BCUT2D eigenvalue weighted by Gasteiger charge is 2.19. The molecule has 0 bridgehead atoms. The molecule has 6 nitrogen and oxygen atoms in total. The second-order valence-corrected chi connectivity index (χ2v) is 8.03. The van der Waals surface area contributed by atoms with Gasteiger partial charge >= 0.3 is 0 Å². The molecule has 0 spiro atoms. The Bertz CT molecular complexity index is 1070. The van der Waals surface area contributed by atoms with Crippen LogP contribution < -0.4 is 11.1 Å². The van der Waals surface area contributed by atoms with Crippen LogP contribution >= 0.6 is 36.2 Å². The number of nitrogens with two attached hydrogens (primary N) is 1. The van der Waals surface area contributed by atoms with Gasteiger partial charge in [-0.1, -0.05) is 30.3 Å². The number of aryl methyl sites for hydroxylation is 2. The first-order chi connectivity index (χ1) is 13.7. The van der Waals surface area contributed by atoms with Crippen LogP contribution in [0.1, 0.15) is 27.9 Å². The monoisotopic (exact) mass is 464 g/mol. The third kappa shape index (κ3) is 5.10. The lowest BCUT2D eigenvalue weighted by molar-refractivity contribution is 0.550. The molecule has 0 aliphatic carbocycles. The van der Waals surface area contributed by atoms with Crippen molar-refractivity contribution in [3.05, 3.63) is 70.6 Å². The quantitative estimate of drug-likeness (QED) is 0.413. The van der Waals surface area contributed by atoms with Crippen molar-refractivity contribution in [1.29, 1.82) is 0 Å². The summed E-state index contributed by atoms with van der Waals surface area (Å²) < 4.78 is 1.94. The van der Waals surface area contributed by atoms with Gasteiger partial charge in [-0.25, -0.2) is 9.97 Å². The van der Waals surface area contributed by atoms with Gasteiger partial charge in [-0.05, 0) is 37.6 Å². The maximum Gasteiger partial charge on any atom is 0.139 e. The van der Waals surface area contributed by atoms with E-state index in [0.717, 1.165) is 21.9 Å². The van der Waals surface area contributed by atoms with Crippen LogP contribution in [0, 0.1) is 13.8 Å². The fraction of sp³-hybridized carbons (Fsp3) is 0.286. The van der Waals surface area contributed by atoms with E-state index in [9.17, 15) is 0 Å². The summed E-state index contributed by atoms with van der Waals surface area (Å²) in [6.45, 7) is 5.50. The van der Waals surface area contributed by atoms with Crippen molar-refractivity contribution >= 4 is 52.2 Å². The molecule has 0 amide bonds. The molecule has 0 fully saturated rings. The lowest BCUT2D eigenvalue weighted by Crippen LogP contribution is -2.19. The van der Waals surface area contributed by atoms with Crippen molar-refractivity contribution in [3.8, 4) is 0 Å². The van der Waals surface area contributed by atoms with E-state index in [-0.39, 0.29) is 30.9 Å². The highest BCUT2D eigenvalue weighted by atomic mass is 35.5. The zero-order valence-electron chi connectivity index (χ0n) is 16.9. The first-order valence-corrected chi connectivity index (χ1v) is 10.2. The fourth-order valence-corrected chi connectivity index (χ4v) is 4.37. The van der Waals surface area contributed by atoms with Crippen molar-refractivity contribution in [1.82, 2.24) is 19.7 Å². The normalized spacial score (nSPS) is 11.6. The first kappa shape index (κ1) is 24.1. The Balaban J connectivity index is 0.00000160. The maximum atomic E-state index is 5.76. The Morgan fingerprint density at radius 1 is 1.10 bits per heavy atom. The topological polar surface area (TPSA) is 81.6 Å². The Kier molecular flexibility index (Phi) is 8.61. The number of halogens is 2. The molecule has 9 heteroatoms. The molecular weight excluding hydrogens is 439 g/mol. The van der Waals surface area contributed by atoms with Crippen LogP contribution in [0.5, 0.6) is 0 Å². The third-order valence-electron chi connectivity index (χ3n) is 4.88. The van der Waals surface area contributed by atoms with E-state index in [1.807, 2.05) is 23.0 Å². The number of benzene rings is 1. The molecule has 3 heterocycles. The van der Waals surface area contributed by atoms with Crippen LogP contribution in [-0.2, 0) is 13.0 Å². The summed E-state index contributed by atoms with van der Waals surface area (Å²) >= 11 is 1.71. The maximum absolute atomic E-state index is 5.76. The number of nitrogens with one attached hydrogen (secondary N) is 1. The number of hydrogen-bond donors (Lipinski definition) is 2. The molecule has 0 saturated carbocycles. The average molecular weight is 465 g/mol. The molecule has 1 atom stereocenters. The van der Waals surface area contributed by atoms with E-state index < -0.39 is 0 Å². The molecule has 1 unspecified atom stereocenters. The summed E-state index contributed by atoms with van der Waals surface area (Å²) in [6.07, 6.45) is 4.44. The Hall–Kier alpha value is -2.19. The van der Waals surface area contributed by atoms with Crippen molar-refractivity contribution in [3.63, 3.8) is 0 Å². The minimum atomic E-state index is 0. The minimum absolute atomic E-state index is 0. The van der Waals surface area contributed by atoms with Gasteiger partial charge in [0.05, 0.1) is 18.0 Å². The number of hydrogen-bond acceptors (Lipinski definition) is 6. The first-order valence-electron chi connectivity index (χ1n) is 9.41. The van der Waals surface area contributed by atoms with Gasteiger partial charge in [0.1, 0.15) is 16.5 Å². The molecule has 3 N–H and O–H groups in total. The van der Waals surface area contributed by atoms with Gasteiger partial charge < -0.3 is 11.1 Å². The molecular formula is C21H26Cl2N6S. The summed E-state index contributed by atoms with van der Waals surface area (Å²) in [6, 6.07) is 12.4. The number of fused-ring (bicyclic) bond motifs is 1. The van der Waals surface area contributed by atoms with Gasteiger partial charge in [0, 0.05) is 23.7 Å². The van der Waals surface area contributed by atoms with Crippen LogP contribution in [0.25, 0.3) is 10.2 Å². The molecule has 30 heavy (non-hydrogen) atoms. The van der Waals surface area contributed by atoms with Crippen LogP contribution in [0.3, 0.4) is 0 Å². The van der Waals surface area contributed by atoms with Gasteiger partial charge in [0.2, 0.25) is 0 Å². The minimum Gasteiger partial charge on any atom is -0.361 e. The van der Waals surface area contributed by atoms with E-state index in [1.54, 1.807) is 17.5 Å². The SMILES string of the molecule is Cc1sc2nc(CCN)nc(NC(Cn3cccn3)c3ccccc3)c2c1C.Cl.Cl. The second-order valence-electron chi connectivity index (χ2n) is 6.83. The Morgan fingerprint density at radius 3 is 2.53 bits per heavy atom. The standard InChI is InChI=1S/C21H24N6S.2ClH/c1-14-15(2)28-21-19(14)20(25-18(26-21)9-10-22)24-17(13-27-12-6-11-23-27)16-7-4-3-5-8-16;;/h3-8,11-12,17H,9-10,13,22H2,1-2H3,(H,24,25,26);2*1H. The molecule has 0 radical (unpaired) electrons. The number of anilines is 1. The fourth-order valence-electron chi connectivity index (χ4n) is 3.32. The Morgan fingerprint density at radius 2 is 1.87 bits per heavy atom. The van der Waals surface area contributed by atoms with E-state index in [0.29, 0.717) is 19.5 Å². The van der Waals surface area contributed by atoms with Crippen LogP contribution in [0.4, 0.5) is 5.82 Å². The van der Waals surface area contributed by atoms with E-state index in [2.05, 4.69) is 48.5 Å². The molecule has 0 saturated heterocycles. The molecule has 4 rings (SSSR count). The second kappa shape index (κ2) is 10.7. The van der Waals surface area contributed by atoms with Crippen LogP contribution in [0.15, 0.2) is 48.8 Å². The Labute approximate surface area is 192 Å². The zero-order valence-corrected chi connectivity index (χ0v) is 19.4. The summed E-state index contributed by atoms with van der Waals surface area (Å²) in [5, 5.41) is 9.17. The van der Waals surface area contributed by atoms with Crippen LogP contribution in [-0.4, -0.2) is 26.3 Å². The highest BCUT2D eigenvalue weighted by molar-refractivity contribution is 7.18. The molecule has 1 aromatic carbocycles. The molecule has 160 valence electrons. The average Bonchev–Trinajstić information content (AvgIpc) is 3.30. The third-order valence-corrected chi connectivity index (χ3v) is 5.99. The summed E-state index contributed by atoms with van der Waals surface area (Å²) in [5.41, 5.74) is 8.18. The lowest BCUT2D eigenvalue weighted by atomic mass is 10.1. The van der Waals surface area contributed by atoms with Gasteiger partial charge in [-0.2, -0.15) is 5.10 Å². The number of rotatable bonds is 7.